The average molecular weight is 404 g/mol. The average Bonchev–Trinajstić information content (AvgIpc) is 2.39. The Morgan fingerprint density at radius 1 is 1.33 bits per heavy atom. The second kappa shape index (κ2) is 8.36. The van der Waals surface area contributed by atoms with Gasteiger partial charge in [-0.15, -0.1) is 0 Å². The van der Waals surface area contributed by atoms with Crippen molar-refractivity contribution >= 4 is 34.5 Å². The van der Waals surface area contributed by atoms with Gasteiger partial charge in [-0.3, -0.25) is 0 Å². The summed E-state index contributed by atoms with van der Waals surface area (Å²) in [5, 5.41) is 9.39. The topological polar surface area (TPSA) is 63.6 Å². The molecule has 0 aromatic heterocycles. The summed E-state index contributed by atoms with van der Waals surface area (Å²) in [6.07, 6.45) is 2.92. The van der Waals surface area contributed by atoms with E-state index in [4.69, 9.17) is 4.74 Å². The van der Waals surface area contributed by atoms with E-state index in [0.29, 0.717) is 9.49 Å². The van der Waals surface area contributed by atoms with Gasteiger partial charge >= 0.3 is 11.9 Å². The highest BCUT2D eigenvalue weighted by Crippen LogP contribution is 2.24. The summed E-state index contributed by atoms with van der Waals surface area (Å²) in [4.78, 5) is 23.3. The number of aryl methyl sites for hydroxylation is 1. The number of hydrogen-bond donors (Lipinski definition) is 1. The number of benzene rings is 1. The molecule has 1 N–H and O–H groups in total. The van der Waals surface area contributed by atoms with Crippen LogP contribution in [-0.2, 0) is 11.2 Å². The van der Waals surface area contributed by atoms with Crippen molar-refractivity contribution in [1.29, 1.82) is 0 Å². The van der Waals surface area contributed by atoms with Crippen LogP contribution in [0.5, 0.6) is 0 Å². The number of ether oxygens (including phenoxy) is 1. The number of hydrogen-bond acceptors (Lipinski definition) is 3. The number of rotatable bonds is 7. The van der Waals surface area contributed by atoms with Crippen molar-refractivity contribution in [3.05, 3.63) is 32.4 Å². The van der Waals surface area contributed by atoms with Crippen LogP contribution < -0.4 is 0 Å². The highest BCUT2D eigenvalue weighted by atomic mass is 127. The van der Waals surface area contributed by atoms with E-state index in [-0.39, 0.29) is 17.7 Å². The molecule has 0 saturated carbocycles. The Kier molecular flexibility index (Phi) is 7.14. The SMILES string of the molecule is CCOC(=O)c1ccc(CCCC(C)C)c(I)c1C(=O)O. The molecule has 0 aliphatic heterocycles. The van der Waals surface area contributed by atoms with E-state index < -0.39 is 11.9 Å². The molecule has 0 heterocycles. The minimum Gasteiger partial charge on any atom is -0.478 e. The molecule has 5 heteroatoms. The molecule has 0 spiro atoms. The molecule has 0 saturated heterocycles. The van der Waals surface area contributed by atoms with Crippen molar-refractivity contribution < 1.29 is 19.4 Å². The Labute approximate surface area is 139 Å². The fourth-order valence-electron chi connectivity index (χ4n) is 2.10. The van der Waals surface area contributed by atoms with Crippen LogP contribution >= 0.6 is 22.6 Å². The number of esters is 1. The van der Waals surface area contributed by atoms with Gasteiger partial charge in [0.2, 0.25) is 0 Å². The van der Waals surface area contributed by atoms with Crippen LogP contribution in [0.2, 0.25) is 0 Å². The monoisotopic (exact) mass is 404 g/mol. The summed E-state index contributed by atoms with van der Waals surface area (Å²) in [6, 6.07) is 3.40. The number of aromatic carboxylic acids is 1. The highest BCUT2D eigenvalue weighted by molar-refractivity contribution is 14.1. The summed E-state index contributed by atoms with van der Waals surface area (Å²) < 4.78 is 5.55. The minimum atomic E-state index is -1.09. The Balaban J connectivity index is 3.08. The molecule has 0 amide bonds. The zero-order valence-electron chi connectivity index (χ0n) is 12.6. The third kappa shape index (κ3) is 4.98. The molecular weight excluding hydrogens is 383 g/mol. The first-order valence-electron chi connectivity index (χ1n) is 7.10. The normalized spacial score (nSPS) is 10.7. The van der Waals surface area contributed by atoms with E-state index in [2.05, 4.69) is 13.8 Å². The number of carbonyl (C=O) groups excluding carboxylic acids is 1. The number of carboxylic acid groups (broad SMARTS) is 1. The van der Waals surface area contributed by atoms with Crippen molar-refractivity contribution in [3.8, 4) is 0 Å². The van der Waals surface area contributed by atoms with Crippen molar-refractivity contribution in [3.63, 3.8) is 0 Å². The fraction of sp³-hybridized carbons (Fsp3) is 0.500. The molecule has 0 unspecified atom stereocenters. The zero-order chi connectivity index (χ0) is 16.0. The van der Waals surface area contributed by atoms with Gasteiger partial charge in [0.25, 0.3) is 0 Å². The molecule has 0 fully saturated rings. The lowest BCUT2D eigenvalue weighted by molar-refractivity contribution is 0.0514. The second-order valence-corrected chi connectivity index (χ2v) is 6.35. The summed E-state index contributed by atoms with van der Waals surface area (Å²) in [5.74, 6) is -1.05. The molecule has 0 bridgehead atoms. The van der Waals surface area contributed by atoms with Crippen molar-refractivity contribution in [2.75, 3.05) is 6.61 Å². The lowest BCUT2D eigenvalue weighted by atomic mass is 9.98. The first-order chi connectivity index (χ1) is 9.88. The molecule has 116 valence electrons. The van der Waals surface area contributed by atoms with Gasteiger partial charge in [-0.05, 0) is 59.9 Å². The van der Waals surface area contributed by atoms with Crippen molar-refractivity contribution in [2.45, 2.75) is 40.0 Å². The van der Waals surface area contributed by atoms with E-state index in [1.54, 1.807) is 13.0 Å². The number of carbonyl (C=O) groups is 2. The van der Waals surface area contributed by atoms with Crippen LogP contribution in [0.1, 0.15) is 59.9 Å². The minimum absolute atomic E-state index is 0.0519. The first kappa shape index (κ1) is 17.9. The van der Waals surface area contributed by atoms with Gasteiger partial charge < -0.3 is 9.84 Å². The molecular formula is C16H21IO4. The lowest BCUT2D eigenvalue weighted by Crippen LogP contribution is -2.14. The Morgan fingerprint density at radius 3 is 2.52 bits per heavy atom. The fourth-order valence-corrected chi connectivity index (χ4v) is 3.07. The molecule has 21 heavy (non-hydrogen) atoms. The summed E-state index contributed by atoms with van der Waals surface area (Å²) in [5.41, 5.74) is 1.15. The first-order valence-corrected chi connectivity index (χ1v) is 8.18. The molecule has 1 aromatic rings. The zero-order valence-corrected chi connectivity index (χ0v) is 14.8. The molecule has 0 aliphatic carbocycles. The molecule has 1 rings (SSSR count). The Morgan fingerprint density at radius 2 is 2.00 bits per heavy atom. The summed E-state index contributed by atoms with van der Waals surface area (Å²) in [6.45, 7) is 6.25. The smallest absolute Gasteiger partial charge is 0.339 e. The van der Waals surface area contributed by atoms with Gasteiger partial charge in [0.05, 0.1) is 17.7 Å². The quantitative estimate of drug-likeness (QED) is 0.548. The van der Waals surface area contributed by atoms with Gasteiger partial charge in [-0.1, -0.05) is 26.3 Å². The summed E-state index contributed by atoms with van der Waals surface area (Å²) >= 11 is 2.01. The second-order valence-electron chi connectivity index (χ2n) is 5.27. The maximum Gasteiger partial charge on any atom is 0.339 e. The Bertz CT molecular complexity index is 523. The van der Waals surface area contributed by atoms with E-state index in [1.807, 2.05) is 28.7 Å². The molecule has 0 aliphatic rings. The van der Waals surface area contributed by atoms with Crippen LogP contribution in [-0.4, -0.2) is 23.7 Å². The largest absolute Gasteiger partial charge is 0.478 e. The van der Waals surface area contributed by atoms with Crippen LogP contribution in [0.15, 0.2) is 12.1 Å². The van der Waals surface area contributed by atoms with Gasteiger partial charge in [-0.25, -0.2) is 9.59 Å². The predicted molar refractivity (Wildman–Crippen MR) is 89.9 cm³/mol. The van der Waals surface area contributed by atoms with E-state index in [9.17, 15) is 14.7 Å². The van der Waals surface area contributed by atoms with Gasteiger partial charge in [0.15, 0.2) is 0 Å². The maximum absolute atomic E-state index is 11.8. The van der Waals surface area contributed by atoms with Crippen LogP contribution in [0.4, 0.5) is 0 Å². The van der Waals surface area contributed by atoms with Gasteiger partial charge in [0.1, 0.15) is 0 Å². The third-order valence-electron chi connectivity index (χ3n) is 3.16. The van der Waals surface area contributed by atoms with Crippen LogP contribution in [0, 0.1) is 9.49 Å². The maximum atomic E-state index is 11.8. The van der Waals surface area contributed by atoms with Gasteiger partial charge in [-0.2, -0.15) is 0 Å². The van der Waals surface area contributed by atoms with Crippen LogP contribution in [0.3, 0.4) is 0 Å². The van der Waals surface area contributed by atoms with E-state index in [0.717, 1.165) is 24.8 Å². The van der Waals surface area contributed by atoms with Gasteiger partial charge in [0, 0.05) is 3.57 Å². The summed E-state index contributed by atoms with van der Waals surface area (Å²) in [7, 11) is 0. The van der Waals surface area contributed by atoms with Crippen molar-refractivity contribution in [2.24, 2.45) is 5.92 Å². The highest BCUT2D eigenvalue weighted by Gasteiger charge is 2.22. The standard InChI is InChI=1S/C16H21IO4/c1-4-21-16(20)12-9-8-11(7-5-6-10(2)3)14(17)13(12)15(18)19/h8-10H,4-7H2,1-3H3,(H,18,19). The Hall–Kier alpha value is -1.11. The number of carboxylic acids is 1. The lowest BCUT2D eigenvalue weighted by Gasteiger charge is -2.12. The molecule has 0 radical (unpaired) electrons. The predicted octanol–water partition coefficient (Wildman–Crippen LogP) is 4.14. The number of halogens is 1. The molecule has 0 atom stereocenters. The third-order valence-corrected chi connectivity index (χ3v) is 4.39. The van der Waals surface area contributed by atoms with E-state index >= 15 is 0 Å². The van der Waals surface area contributed by atoms with Crippen LogP contribution in [0.25, 0.3) is 0 Å². The molecule has 1 aromatic carbocycles. The van der Waals surface area contributed by atoms with Crippen molar-refractivity contribution in [1.82, 2.24) is 0 Å². The van der Waals surface area contributed by atoms with E-state index in [1.165, 1.54) is 0 Å². The molecule has 4 nitrogen and oxygen atoms in total.